The molecular weight excluding hydrogens is 293 g/mol. The summed E-state index contributed by atoms with van der Waals surface area (Å²) in [6.07, 6.45) is -0.505. The van der Waals surface area contributed by atoms with Gasteiger partial charge in [-0.15, -0.1) is 0 Å². The van der Waals surface area contributed by atoms with E-state index >= 15 is 0 Å². The van der Waals surface area contributed by atoms with Crippen molar-refractivity contribution in [3.63, 3.8) is 0 Å². The number of aliphatic hydroxyl groups is 1. The molecule has 0 heterocycles. The largest absolute Gasteiger partial charge is 0.389 e. The smallest absolute Gasteiger partial charge is 0.0945 e. The third-order valence-electron chi connectivity index (χ3n) is 1.98. The first-order valence-electron chi connectivity index (χ1n) is 5.08. The molecule has 0 bridgehead atoms. The molecule has 0 amide bonds. The Morgan fingerprint density at radius 3 is 2.94 bits per heavy atom. The second-order valence-corrected chi connectivity index (χ2v) is 4.58. The summed E-state index contributed by atoms with van der Waals surface area (Å²) < 4.78 is 5.94. The highest BCUT2D eigenvalue weighted by atomic mass is 79.9. The van der Waals surface area contributed by atoms with Gasteiger partial charge in [-0.1, -0.05) is 11.6 Å². The maximum Gasteiger partial charge on any atom is 0.0945 e. The lowest BCUT2D eigenvalue weighted by molar-refractivity contribution is 0.0496. The minimum absolute atomic E-state index is 0.345. The van der Waals surface area contributed by atoms with Crippen molar-refractivity contribution in [2.45, 2.75) is 13.0 Å². The molecule has 0 aliphatic rings. The highest BCUT2D eigenvalue weighted by molar-refractivity contribution is 9.10. The Bertz CT molecular complexity index is 336. The number of hydrogen-bond acceptors (Lipinski definition) is 3. The Hall–Kier alpha value is -0.290. The zero-order valence-corrected chi connectivity index (χ0v) is 11.4. The summed E-state index contributed by atoms with van der Waals surface area (Å²) in [6.45, 7) is 3.31. The minimum Gasteiger partial charge on any atom is -0.389 e. The van der Waals surface area contributed by atoms with Crippen LogP contribution in [0.2, 0.25) is 5.02 Å². The molecule has 0 saturated heterocycles. The Balaban J connectivity index is 2.39. The van der Waals surface area contributed by atoms with E-state index in [0.29, 0.717) is 24.8 Å². The highest BCUT2D eigenvalue weighted by Crippen LogP contribution is 2.25. The van der Waals surface area contributed by atoms with Crippen LogP contribution in [0.3, 0.4) is 0 Å². The maximum absolute atomic E-state index is 9.54. The molecule has 0 aliphatic heterocycles. The third-order valence-corrected chi connectivity index (χ3v) is 3.19. The van der Waals surface area contributed by atoms with Crippen molar-refractivity contribution >= 4 is 33.2 Å². The Morgan fingerprint density at radius 2 is 2.31 bits per heavy atom. The van der Waals surface area contributed by atoms with Crippen molar-refractivity contribution in [1.82, 2.24) is 0 Å². The molecule has 1 rings (SSSR count). The molecular formula is C11H15BrClNO2. The van der Waals surface area contributed by atoms with Gasteiger partial charge in [0.2, 0.25) is 0 Å². The molecule has 1 aromatic carbocycles. The molecule has 1 unspecified atom stereocenters. The fraction of sp³-hybridized carbons (Fsp3) is 0.455. The standard InChI is InChI=1S/C11H15BrClNO2/c1-2-16-7-9(15)6-14-8-3-4-11(13)10(12)5-8/h3-5,9,14-15H,2,6-7H2,1H3. The van der Waals surface area contributed by atoms with Gasteiger partial charge in [0.05, 0.1) is 17.7 Å². The van der Waals surface area contributed by atoms with Crippen LogP contribution in [0.4, 0.5) is 5.69 Å². The van der Waals surface area contributed by atoms with Crippen LogP contribution in [-0.2, 0) is 4.74 Å². The lowest BCUT2D eigenvalue weighted by Crippen LogP contribution is -2.24. The van der Waals surface area contributed by atoms with E-state index < -0.39 is 6.10 Å². The van der Waals surface area contributed by atoms with Gasteiger partial charge >= 0.3 is 0 Å². The van der Waals surface area contributed by atoms with Gasteiger partial charge in [0, 0.05) is 23.3 Å². The van der Waals surface area contributed by atoms with Crippen molar-refractivity contribution in [2.24, 2.45) is 0 Å². The number of rotatable bonds is 6. The number of benzene rings is 1. The number of hydrogen-bond donors (Lipinski definition) is 2. The molecule has 0 aliphatic carbocycles. The van der Waals surface area contributed by atoms with E-state index in [1.165, 1.54) is 0 Å². The number of aliphatic hydroxyl groups excluding tert-OH is 1. The van der Waals surface area contributed by atoms with Crippen LogP contribution >= 0.6 is 27.5 Å². The van der Waals surface area contributed by atoms with E-state index in [-0.39, 0.29) is 0 Å². The average molecular weight is 309 g/mol. The summed E-state index contributed by atoms with van der Waals surface area (Å²) >= 11 is 9.20. The molecule has 0 aromatic heterocycles. The summed E-state index contributed by atoms with van der Waals surface area (Å²) in [6, 6.07) is 5.53. The zero-order chi connectivity index (χ0) is 12.0. The first-order chi connectivity index (χ1) is 7.63. The van der Waals surface area contributed by atoms with Gasteiger partial charge in [-0.3, -0.25) is 0 Å². The van der Waals surface area contributed by atoms with Gasteiger partial charge in [0.1, 0.15) is 0 Å². The quantitative estimate of drug-likeness (QED) is 0.849. The van der Waals surface area contributed by atoms with Crippen LogP contribution in [0.5, 0.6) is 0 Å². The van der Waals surface area contributed by atoms with Crippen LogP contribution in [-0.4, -0.2) is 31.0 Å². The lowest BCUT2D eigenvalue weighted by Gasteiger charge is -2.13. The van der Waals surface area contributed by atoms with Crippen LogP contribution in [0, 0.1) is 0 Å². The fourth-order valence-electron chi connectivity index (χ4n) is 1.15. The van der Waals surface area contributed by atoms with E-state index in [9.17, 15) is 5.11 Å². The van der Waals surface area contributed by atoms with Gasteiger partial charge in [-0.25, -0.2) is 0 Å². The molecule has 0 spiro atoms. The van der Waals surface area contributed by atoms with Crippen LogP contribution in [0.15, 0.2) is 22.7 Å². The summed E-state index contributed by atoms with van der Waals surface area (Å²) in [5.41, 5.74) is 0.909. The molecule has 2 N–H and O–H groups in total. The first kappa shape index (κ1) is 13.8. The maximum atomic E-state index is 9.54. The second-order valence-electron chi connectivity index (χ2n) is 3.32. The minimum atomic E-state index is -0.505. The third kappa shape index (κ3) is 4.70. The summed E-state index contributed by atoms with van der Waals surface area (Å²) in [4.78, 5) is 0. The SMILES string of the molecule is CCOCC(O)CNc1ccc(Cl)c(Br)c1. The lowest BCUT2D eigenvalue weighted by atomic mass is 10.3. The molecule has 0 saturated carbocycles. The second kappa shape index (κ2) is 7.12. The molecule has 1 aromatic rings. The van der Waals surface area contributed by atoms with Crippen molar-refractivity contribution in [3.05, 3.63) is 27.7 Å². The molecule has 90 valence electrons. The summed E-state index contributed by atoms with van der Waals surface area (Å²) in [5.74, 6) is 0. The Morgan fingerprint density at radius 1 is 1.56 bits per heavy atom. The predicted molar refractivity (Wildman–Crippen MR) is 70.1 cm³/mol. The summed E-state index contributed by atoms with van der Waals surface area (Å²) in [7, 11) is 0. The van der Waals surface area contributed by atoms with E-state index in [0.717, 1.165) is 10.2 Å². The topological polar surface area (TPSA) is 41.5 Å². The van der Waals surface area contributed by atoms with E-state index in [4.69, 9.17) is 16.3 Å². The average Bonchev–Trinajstić information content (AvgIpc) is 2.28. The van der Waals surface area contributed by atoms with E-state index in [1.807, 2.05) is 19.1 Å². The van der Waals surface area contributed by atoms with Crippen molar-refractivity contribution in [3.8, 4) is 0 Å². The molecule has 16 heavy (non-hydrogen) atoms. The van der Waals surface area contributed by atoms with Gasteiger partial charge in [0.25, 0.3) is 0 Å². The number of halogens is 2. The molecule has 3 nitrogen and oxygen atoms in total. The monoisotopic (exact) mass is 307 g/mol. The van der Waals surface area contributed by atoms with E-state index in [2.05, 4.69) is 21.2 Å². The van der Waals surface area contributed by atoms with Crippen molar-refractivity contribution < 1.29 is 9.84 Å². The van der Waals surface area contributed by atoms with E-state index in [1.54, 1.807) is 6.07 Å². The van der Waals surface area contributed by atoms with Gasteiger partial charge in [0.15, 0.2) is 0 Å². The molecule has 1 atom stereocenters. The molecule has 0 radical (unpaired) electrons. The Labute approximate surface area is 109 Å². The summed E-state index contributed by atoms with van der Waals surface area (Å²) in [5, 5.41) is 13.3. The van der Waals surface area contributed by atoms with Crippen molar-refractivity contribution in [2.75, 3.05) is 25.1 Å². The highest BCUT2D eigenvalue weighted by Gasteiger charge is 2.04. The zero-order valence-electron chi connectivity index (χ0n) is 9.04. The molecule has 5 heteroatoms. The fourth-order valence-corrected chi connectivity index (χ4v) is 1.65. The first-order valence-corrected chi connectivity index (χ1v) is 6.25. The number of nitrogens with one attached hydrogen (secondary N) is 1. The number of anilines is 1. The van der Waals surface area contributed by atoms with Gasteiger partial charge in [-0.2, -0.15) is 0 Å². The van der Waals surface area contributed by atoms with Crippen LogP contribution < -0.4 is 5.32 Å². The van der Waals surface area contributed by atoms with Gasteiger partial charge in [-0.05, 0) is 41.1 Å². The van der Waals surface area contributed by atoms with Gasteiger partial charge < -0.3 is 15.2 Å². The molecule has 0 fully saturated rings. The predicted octanol–water partition coefficient (Wildman–Crippen LogP) is 2.91. The van der Waals surface area contributed by atoms with Crippen LogP contribution in [0.1, 0.15) is 6.92 Å². The normalized spacial score (nSPS) is 12.5. The van der Waals surface area contributed by atoms with Crippen LogP contribution in [0.25, 0.3) is 0 Å². The van der Waals surface area contributed by atoms with Crippen molar-refractivity contribution in [1.29, 1.82) is 0 Å². The Kier molecular flexibility index (Phi) is 6.13. The number of ether oxygens (including phenoxy) is 1.